The third-order valence-corrected chi connectivity index (χ3v) is 2.12. The minimum Gasteiger partial charge on any atom is -0.377 e. The maximum Gasteiger partial charge on any atom is 0.224 e. The van der Waals surface area contributed by atoms with Crippen LogP contribution in [0.15, 0.2) is 6.20 Å². The van der Waals surface area contributed by atoms with Crippen LogP contribution in [0.5, 0.6) is 0 Å². The SMILES string of the molecule is CCCNc1ncc(F)c(NCCOC(C)C)n1. The highest BCUT2D eigenvalue weighted by Gasteiger charge is 2.06. The zero-order chi connectivity index (χ0) is 13.4. The molecule has 1 rings (SSSR count). The Morgan fingerprint density at radius 2 is 2.11 bits per heavy atom. The van der Waals surface area contributed by atoms with E-state index in [0.29, 0.717) is 19.1 Å². The molecule has 0 fully saturated rings. The third-order valence-electron chi connectivity index (χ3n) is 2.12. The first-order valence-electron chi connectivity index (χ1n) is 6.25. The number of aromatic nitrogens is 2. The lowest BCUT2D eigenvalue weighted by Crippen LogP contribution is -2.15. The maximum atomic E-state index is 13.4. The number of ether oxygens (including phenoxy) is 1. The number of hydrogen-bond donors (Lipinski definition) is 2. The fourth-order valence-electron chi connectivity index (χ4n) is 1.28. The van der Waals surface area contributed by atoms with E-state index < -0.39 is 5.82 Å². The molecule has 1 aromatic heterocycles. The molecule has 0 atom stereocenters. The molecule has 0 bridgehead atoms. The smallest absolute Gasteiger partial charge is 0.224 e. The van der Waals surface area contributed by atoms with Gasteiger partial charge in [0.05, 0.1) is 18.9 Å². The summed E-state index contributed by atoms with van der Waals surface area (Å²) in [6.45, 7) is 7.74. The van der Waals surface area contributed by atoms with E-state index in [-0.39, 0.29) is 11.9 Å². The number of rotatable bonds is 8. The summed E-state index contributed by atoms with van der Waals surface area (Å²) in [5.41, 5.74) is 0. The molecule has 5 nitrogen and oxygen atoms in total. The molecule has 0 unspecified atom stereocenters. The lowest BCUT2D eigenvalue weighted by atomic mass is 10.4. The lowest BCUT2D eigenvalue weighted by molar-refractivity contribution is 0.0870. The lowest BCUT2D eigenvalue weighted by Gasteiger charge is -2.10. The Balaban J connectivity index is 2.47. The molecule has 0 aliphatic carbocycles. The summed E-state index contributed by atoms with van der Waals surface area (Å²) in [5.74, 6) is 0.183. The molecule has 0 saturated carbocycles. The second-order valence-corrected chi connectivity index (χ2v) is 4.16. The second-order valence-electron chi connectivity index (χ2n) is 4.16. The fourth-order valence-corrected chi connectivity index (χ4v) is 1.28. The van der Waals surface area contributed by atoms with Crippen molar-refractivity contribution in [3.8, 4) is 0 Å². The molecule has 1 aromatic rings. The zero-order valence-corrected chi connectivity index (χ0v) is 11.2. The molecule has 0 aliphatic heterocycles. The minimum absolute atomic E-state index is 0.170. The summed E-state index contributed by atoms with van der Waals surface area (Å²) < 4.78 is 18.8. The standard InChI is InChI=1S/C12H21FN4O/c1-4-5-15-12-16-8-10(13)11(17-12)14-6-7-18-9(2)3/h8-9H,4-7H2,1-3H3,(H2,14,15,16,17). The van der Waals surface area contributed by atoms with Crippen molar-refractivity contribution in [1.82, 2.24) is 9.97 Å². The largest absolute Gasteiger partial charge is 0.377 e. The summed E-state index contributed by atoms with van der Waals surface area (Å²) in [7, 11) is 0. The Hall–Kier alpha value is -1.43. The first kappa shape index (κ1) is 14.6. The van der Waals surface area contributed by atoms with Crippen molar-refractivity contribution in [3.05, 3.63) is 12.0 Å². The molecule has 0 amide bonds. The van der Waals surface area contributed by atoms with E-state index in [1.165, 1.54) is 0 Å². The fraction of sp³-hybridized carbons (Fsp3) is 0.667. The summed E-state index contributed by atoms with van der Waals surface area (Å²) in [5, 5.41) is 5.90. The van der Waals surface area contributed by atoms with Crippen molar-refractivity contribution < 1.29 is 9.13 Å². The summed E-state index contributed by atoms with van der Waals surface area (Å²) in [4.78, 5) is 7.93. The molecule has 0 spiro atoms. The van der Waals surface area contributed by atoms with Gasteiger partial charge in [0, 0.05) is 13.1 Å². The highest BCUT2D eigenvalue weighted by Crippen LogP contribution is 2.11. The van der Waals surface area contributed by atoms with Gasteiger partial charge < -0.3 is 15.4 Å². The summed E-state index contributed by atoms with van der Waals surface area (Å²) in [6, 6.07) is 0. The van der Waals surface area contributed by atoms with Crippen LogP contribution in [0.25, 0.3) is 0 Å². The van der Waals surface area contributed by atoms with E-state index in [9.17, 15) is 4.39 Å². The molecule has 2 N–H and O–H groups in total. The Labute approximate surface area is 107 Å². The van der Waals surface area contributed by atoms with E-state index in [4.69, 9.17) is 4.74 Å². The van der Waals surface area contributed by atoms with E-state index in [2.05, 4.69) is 20.6 Å². The van der Waals surface area contributed by atoms with Crippen LogP contribution in [0.1, 0.15) is 27.2 Å². The van der Waals surface area contributed by atoms with Crippen LogP contribution in [0.3, 0.4) is 0 Å². The molecule has 1 heterocycles. The highest BCUT2D eigenvalue weighted by atomic mass is 19.1. The molecule has 0 aromatic carbocycles. The predicted molar refractivity (Wildman–Crippen MR) is 70.3 cm³/mol. The monoisotopic (exact) mass is 256 g/mol. The van der Waals surface area contributed by atoms with Crippen LogP contribution < -0.4 is 10.6 Å². The average molecular weight is 256 g/mol. The normalized spacial score (nSPS) is 10.7. The number of hydrogen-bond acceptors (Lipinski definition) is 5. The van der Waals surface area contributed by atoms with Gasteiger partial charge in [0.2, 0.25) is 5.95 Å². The second kappa shape index (κ2) is 7.81. The molecular weight excluding hydrogens is 235 g/mol. The number of anilines is 2. The third kappa shape index (κ3) is 5.27. The van der Waals surface area contributed by atoms with Crippen LogP contribution in [0.4, 0.5) is 16.2 Å². The van der Waals surface area contributed by atoms with Crippen molar-refractivity contribution >= 4 is 11.8 Å². The van der Waals surface area contributed by atoms with Crippen LogP contribution in [-0.2, 0) is 4.74 Å². The molecule has 6 heteroatoms. The van der Waals surface area contributed by atoms with Crippen molar-refractivity contribution in [2.45, 2.75) is 33.3 Å². The van der Waals surface area contributed by atoms with Gasteiger partial charge in [-0.3, -0.25) is 0 Å². The van der Waals surface area contributed by atoms with Crippen LogP contribution in [0, 0.1) is 5.82 Å². The Morgan fingerprint density at radius 1 is 1.33 bits per heavy atom. The van der Waals surface area contributed by atoms with Crippen molar-refractivity contribution in [2.24, 2.45) is 0 Å². The van der Waals surface area contributed by atoms with Gasteiger partial charge in [-0.15, -0.1) is 0 Å². The Bertz CT molecular complexity index is 360. The van der Waals surface area contributed by atoms with E-state index >= 15 is 0 Å². The van der Waals surface area contributed by atoms with E-state index in [1.54, 1.807) is 0 Å². The summed E-state index contributed by atoms with van der Waals surface area (Å²) >= 11 is 0. The van der Waals surface area contributed by atoms with Gasteiger partial charge in [-0.1, -0.05) is 6.92 Å². The van der Waals surface area contributed by atoms with Crippen LogP contribution >= 0.6 is 0 Å². The topological polar surface area (TPSA) is 59.1 Å². The van der Waals surface area contributed by atoms with Crippen LogP contribution in [-0.4, -0.2) is 35.8 Å². The maximum absolute atomic E-state index is 13.4. The van der Waals surface area contributed by atoms with Crippen LogP contribution in [0.2, 0.25) is 0 Å². The van der Waals surface area contributed by atoms with Gasteiger partial charge in [-0.25, -0.2) is 9.37 Å². The Kier molecular flexibility index (Phi) is 6.35. The van der Waals surface area contributed by atoms with Gasteiger partial charge in [-0.05, 0) is 20.3 Å². The Morgan fingerprint density at radius 3 is 2.78 bits per heavy atom. The quantitative estimate of drug-likeness (QED) is 0.699. The average Bonchev–Trinajstić information content (AvgIpc) is 2.34. The van der Waals surface area contributed by atoms with Gasteiger partial charge >= 0.3 is 0 Å². The molecule has 0 radical (unpaired) electrons. The van der Waals surface area contributed by atoms with Gasteiger partial charge in [0.1, 0.15) is 0 Å². The minimum atomic E-state index is -0.457. The van der Waals surface area contributed by atoms with Gasteiger partial charge in [0.15, 0.2) is 11.6 Å². The van der Waals surface area contributed by atoms with Crippen molar-refractivity contribution in [1.29, 1.82) is 0 Å². The zero-order valence-electron chi connectivity index (χ0n) is 11.2. The summed E-state index contributed by atoms with van der Waals surface area (Å²) in [6.07, 6.45) is 2.30. The predicted octanol–water partition coefficient (Wildman–Crippen LogP) is 2.27. The molecular formula is C12H21FN4O. The van der Waals surface area contributed by atoms with Crippen molar-refractivity contribution in [3.63, 3.8) is 0 Å². The molecule has 102 valence electrons. The molecule has 18 heavy (non-hydrogen) atoms. The van der Waals surface area contributed by atoms with Gasteiger partial charge in [0.25, 0.3) is 0 Å². The van der Waals surface area contributed by atoms with Gasteiger partial charge in [-0.2, -0.15) is 4.98 Å². The molecule has 0 saturated heterocycles. The first-order chi connectivity index (χ1) is 8.63. The highest BCUT2D eigenvalue weighted by molar-refractivity contribution is 5.40. The van der Waals surface area contributed by atoms with Crippen molar-refractivity contribution in [2.75, 3.05) is 30.3 Å². The van der Waals surface area contributed by atoms with E-state index in [0.717, 1.165) is 19.2 Å². The number of nitrogens with one attached hydrogen (secondary N) is 2. The molecule has 0 aliphatic rings. The number of nitrogens with zero attached hydrogens (tertiary/aromatic N) is 2. The number of halogens is 1. The van der Waals surface area contributed by atoms with E-state index in [1.807, 2.05) is 20.8 Å². The first-order valence-corrected chi connectivity index (χ1v) is 6.25.